The lowest BCUT2D eigenvalue weighted by Crippen LogP contribution is -2.00. The molecule has 3 nitrogen and oxygen atoms in total. The molecule has 4 heteroatoms. The van der Waals surface area contributed by atoms with E-state index >= 15 is 0 Å². The highest BCUT2D eigenvalue weighted by Crippen LogP contribution is 2.31. The molecule has 0 saturated heterocycles. The minimum Gasteiger partial charge on any atom is -0.373 e. The average Bonchev–Trinajstić information content (AvgIpc) is 2.54. The summed E-state index contributed by atoms with van der Waals surface area (Å²) in [7, 11) is 1.90. The predicted molar refractivity (Wildman–Crippen MR) is 91.0 cm³/mol. The summed E-state index contributed by atoms with van der Waals surface area (Å²) < 4.78 is 0. The lowest BCUT2D eigenvalue weighted by molar-refractivity contribution is 1.19. The van der Waals surface area contributed by atoms with Crippen LogP contribution < -0.4 is 5.32 Å². The van der Waals surface area contributed by atoms with Crippen LogP contribution >= 0.6 is 11.8 Å². The van der Waals surface area contributed by atoms with Crippen molar-refractivity contribution < 1.29 is 0 Å². The second-order valence-corrected chi connectivity index (χ2v) is 5.67. The Hall–Kier alpha value is -2.07. The van der Waals surface area contributed by atoms with Crippen LogP contribution in [0.5, 0.6) is 0 Å². The van der Waals surface area contributed by atoms with Crippen molar-refractivity contribution in [3.8, 4) is 11.4 Å². The summed E-state index contributed by atoms with van der Waals surface area (Å²) in [6.07, 6.45) is 2.07. The van der Waals surface area contributed by atoms with Gasteiger partial charge in [0.2, 0.25) is 0 Å². The van der Waals surface area contributed by atoms with Gasteiger partial charge < -0.3 is 5.32 Å². The van der Waals surface area contributed by atoms with Gasteiger partial charge in [-0.15, -0.1) is 11.8 Å². The van der Waals surface area contributed by atoms with Crippen molar-refractivity contribution in [2.75, 3.05) is 18.6 Å². The second-order valence-electron chi connectivity index (χ2n) is 4.82. The number of aromatic nitrogens is 2. The summed E-state index contributed by atoms with van der Waals surface area (Å²) in [4.78, 5) is 10.7. The van der Waals surface area contributed by atoms with Crippen molar-refractivity contribution in [3.05, 3.63) is 48.0 Å². The van der Waals surface area contributed by atoms with Crippen LogP contribution in [0, 0.1) is 6.92 Å². The molecule has 1 aromatic heterocycles. The number of nitrogens with zero attached hydrogens (tertiary/aromatic N) is 2. The largest absolute Gasteiger partial charge is 0.373 e. The van der Waals surface area contributed by atoms with Crippen LogP contribution in [-0.2, 0) is 0 Å². The van der Waals surface area contributed by atoms with E-state index in [0.717, 1.165) is 33.7 Å². The summed E-state index contributed by atoms with van der Waals surface area (Å²) in [5.74, 6) is 1.64. The number of rotatable bonds is 3. The minimum atomic E-state index is 0.770. The van der Waals surface area contributed by atoms with Gasteiger partial charge in [-0.1, -0.05) is 30.3 Å². The van der Waals surface area contributed by atoms with Gasteiger partial charge in [0.05, 0.1) is 5.52 Å². The number of hydrogen-bond donors (Lipinski definition) is 1. The van der Waals surface area contributed by atoms with E-state index in [2.05, 4.69) is 42.8 Å². The van der Waals surface area contributed by atoms with Gasteiger partial charge in [0, 0.05) is 22.9 Å². The standard InChI is InChI=1S/C17H17N3S/c1-11-7-6-9-13-15(11)19-17(20-16(13)18-2)12-8-4-5-10-14(12)21-3/h4-10H,1-3H3,(H,18,19,20). The van der Waals surface area contributed by atoms with E-state index in [1.54, 1.807) is 11.8 Å². The Labute approximate surface area is 128 Å². The number of para-hydroxylation sites is 1. The summed E-state index contributed by atoms with van der Waals surface area (Å²) >= 11 is 1.71. The zero-order valence-electron chi connectivity index (χ0n) is 12.3. The molecule has 0 saturated carbocycles. The molecule has 0 aliphatic carbocycles. The van der Waals surface area contributed by atoms with E-state index in [4.69, 9.17) is 9.97 Å². The van der Waals surface area contributed by atoms with Gasteiger partial charge in [-0.25, -0.2) is 9.97 Å². The van der Waals surface area contributed by atoms with Crippen LogP contribution in [0.1, 0.15) is 5.56 Å². The van der Waals surface area contributed by atoms with Crippen LogP contribution in [0.3, 0.4) is 0 Å². The number of anilines is 1. The van der Waals surface area contributed by atoms with E-state index in [0.29, 0.717) is 0 Å². The smallest absolute Gasteiger partial charge is 0.163 e. The van der Waals surface area contributed by atoms with Crippen LogP contribution in [-0.4, -0.2) is 23.3 Å². The maximum Gasteiger partial charge on any atom is 0.163 e. The highest BCUT2D eigenvalue weighted by molar-refractivity contribution is 7.98. The maximum atomic E-state index is 4.80. The van der Waals surface area contributed by atoms with Crippen LogP contribution in [0.4, 0.5) is 5.82 Å². The van der Waals surface area contributed by atoms with E-state index < -0.39 is 0 Å². The first-order valence-corrected chi connectivity index (χ1v) is 8.05. The quantitative estimate of drug-likeness (QED) is 0.728. The average molecular weight is 295 g/mol. The summed E-state index contributed by atoms with van der Waals surface area (Å²) in [6, 6.07) is 14.4. The lowest BCUT2D eigenvalue weighted by atomic mass is 10.1. The van der Waals surface area contributed by atoms with Crippen molar-refractivity contribution in [1.29, 1.82) is 0 Å². The third kappa shape index (κ3) is 2.47. The van der Waals surface area contributed by atoms with Crippen molar-refractivity contribution in [1.82, 2.24) is 9.97 Å². The van der Waals surface area contributed by atoms with Crippen LogP contribution in [0.25, 0.3) is 22.3 Å². The van der Waals surface area contributed by atoms with E-state index in [-0.39, 0.29) is 0 Å². The molecule has 2 aromatic carbocycles. The Balaban J connectivity index is 2.31. The first-order valence-electron chi connectivity index (χ1n) is 6.83. The van der Waals surface area contributed by atoms with Crippen LogP contribution in [0.2, 0.25) is 0 Å². The minimum absolute atomic E-state index is 0.770. The monoisotopic (exact) mass is 295 g/mol. The summed E-state index contributed by atoms with van der Waals surface area (Å²) in [5, 5.41) is 4.25. The fourth-order valence-corrected chi connectivity index (χ4v) is 3.03. The molecule has 0 unspecified atom stereocenters. The molecule has 21 heavy (non-hydrogen) atoms. The Kier molecular flexibility index (Phi) is 3.80. The van der Waals surface area contributed by atoms with Gasteiger partial charge in [-0.3, -0.25) is 0 Å². The third-order valence-corrected chi connectivity index (χ3v) is 4.31. The molecule has 3 aromatic rings. The highest BCUT2D eigenvalue weighted by Gasteiger charge is 2.12. The van der Waals surface area contributed by atoms with Crippen molar-refractivity contribution in [3.63, 3.8) is 0 Å². The zero-order chi connectivity index (χ0) is 14.8. The van der Waals surface area contributed by atoms with Crippen LogP contribution in [0.15, 0.2) is 47.4 Å². The van der Waals surface area contributed by atoms with Gasteiger partial charge in [-0.05, 0) is 30.9 Å². The van der Waals surface area contributed by atoms with E-state index in [9.17, 15) is 0 Å². The topological polar surface area (TPSA) is 37.8 Å². The van der Waals surface area contributed by atoms with Crippen molar-refractivity contribution >= 4 is 28.5 Å². The molecule has 0 bridgehead atoms. The molecule has 3 rings (SSSR count). The molecule has 0 amide bonds. The lowest BCUT2D eigenvalue weighted by Gasteiger charge is -2.11. The molecular weight excluding hydrogens is 278 g/mol. The molecule has 1 N–H and O–H groups in total. The number of fused-ring (bicyclic) bond motifs is 1. The Morgan fingerprint density at radius 1 is 1.00 bits per heavy atom. The van der Waals surface area contributed by atoms with Crippen molar-refractivity contribution in [2.24, 2.45) is 0 Å². The van der Waals surface area contributed by atoms with Gasteiger partial charge in [0.1, 0.15) is 5.82 Å². The number of nitrogens with one attached hydrogen (secondary N) is 1. The summed E-state index contributed by atoms with van der Waals surface area (Å²) in [5.41, 5.74) is 3.24. The Bertz CT molecular complexity index is 799. The fourth-order valence-electron chi connectivity index (χ4n) is 2.44. The molecule has 0 aliphatic rings. The zero-order valence-corrected chi connectivity index (χ0v) is 13.2. The molecule has 1 heterocycles. The normalized spacial score (nSPS) is 10.8. The first-order chi connectivity index (χ1) is 10.2. The molecule has 0 radical (unpaired) electrons. The predicted octanol–water partition coefficient (Wildman–Crippen LogP) is 4.37. The van der Waals surface area contributed by atoms with Crippen molar-refractivity contribution in [2.45, 2.75) is 11.8 Å². The second kappa shape index (κ2) is 5.74. The Morgan fingerprint density at radius 2 is 1.81 bits per heavy atom. The van der Waals surface area contributed by atoms with E-state index in [1.807, 2.05) is 25.2 Å². The number of thioether (sulfide) groups is 1. The number of hydrogen-bond acceptors (Lipinski definition) is 4. The SMILES string of the molecule is CNc1nc(-c2ccccc2SC)nc2c(C)cccc12. The molecule has 106 valence electrons. The molecular formula is C17H17N3S. The number of benzene rings is 2. The summed E-state index contributed by atoms with van der Waals surface area (Å²) in [6.45, 7) is 2.08. The van der Waals surface area contributed by atoms with Gasteiger partial charge in [0.15, 0.2) is 5.82 Å². The molecule has 0 fully saturated rings. The maximum absolute atomic E-state index is 4.80. The van der Waals surface area contributed by atoms with Gasteiger partial charge in [0.25, 0.3) is 0 Å². The molecule has 0 aliphatic heterocycles. The molecule has 0 spiro atoms. The van der Waals surface area contributed by atoms with Gasteiger partial charge >= 0.3 is 0 Å². The molecule has 0 atom stereocenters. The first kappa shape index (κ1) is 13.9. The number of aryl methyl sites for hydroxylation is 1. The van der Waals surface area contributed by atoms with Gasteiger partial charge in [-0.2, -0.15) is 0 Å². The van der Waals surface area contributed by atoms with E-state index in [1.165, 1.54) is 4.90 Å². The third-order valence-electron chi connectivity index (χ3n) is 3.51. The highest BCUT2D eigenvalue weighted by atomic mass is 32.2. The fraction of sp³-hybridized carbons (Fsp3) is 0.176. The Morgan fingerprint density at radius 3 is 2.57 bits per heavy atom.